The molecule has 1 unspecified atom stereocenters. The Morgan fingerprint density at radius 2 is 1.85 bits per heavy atom. The Bertz CT molecular complexity index is 463. The second-order valence-electron chi connectivity index (χ2n) is 4.24. The first-order chi connectivity index (χ1) is 9.62. The molecule has 6 nitrogen and oxygen atoms in total. The maximum atomic E-state index is 11.7. The molecule has 112 valence electrons. The van der Waals surface area contributed by atoms with Gasteiger partial charge in [-0.2, -0.15) is 0 Å². The van der Waals surface area contributed by atoms with Gasteiger partial charge in [-0.05, 0) is 18.1 Å². The average Bonchev–Trinajstić information content (AvgIpc) is 2.50. The Morgan fingerprint density at radius 1 is 1.20 bits per heavy atom. The van der Waals surface area contributed by atoms with Gasteiger partial charge >= 0.3 is 0 Å². The Balaban J connectivity index is 3.14. The van der Waals surface area contributed by atoms with Gasteiger partial charge in [0, 0.05) is 13.6 Å². The normalized spacial score (nSPS) is 11.7. The van der Waals surface area contributed by atoms with E-state index in [0.29, 0.717) is 23.7 Å². The molecule has 0 heterocycles. The fourth-order valence-electron chi connectivity index (χ4n) is 2.08. The number of ether oxygens (including phenoxy) is 3. The largest absolute Gasteiger partial charge is 0.493 e. The number of carbonyl (C=O) groups is 1. The Hall–Kier alpha value is -1.95. The lowest BCUT2D eigenvalue weighted by Crippen LogP contribution is -2.34. The van der Waals surface area contributed by atoms with Crippen LogP contribution in [-0.4, -0.2) is 40.8 Å². The summed E-state index contributed by atoms with van der Waals surface area (Å²) in [6.07, 6.45) is 0.472. The van der Waals surface area contributed by atoms with E-state index < -0.39 is 0 Å². The molecule has 1 rings (SSSR count). The van der Waals surface area contributed by atoms with Crippen LogP contribution in [0.25, 0.3) is 0 Å². The second kappa shape index (κ2) is 7.59. The third kappa shape index (κ3) is 3.33. The minimum Gasteiger partial charge on any atom is -0.493 e. The lowest BCUT2D eigenvalue weighted by atomic mass is 9.97. The second-order valence-corrected chi connectivity index (χ2v) is 4.24. The van der Waals surface area contributed by atoms with E-state index in [-0.39, 0.29) is 18.4 Å². The Kier molecular flexibility index (Phi) is 6.11. The summed E-state index contributed by atoms with van der Waals surface area (Å²) in [5, 5.41) is 2.61. The van der Waals surface area contributed by atoms with Gasteiger partial charge in [0.2, 0.25) is 11.7 Å². The highest BCUT2D eigenvalue weighted by Gasteiger charge is 2.21. The number of nitrogens with two attached hydrogens (primary N) is 1. The van der Waals surface area contributed by atoms with Gasteiger partial charge in [0.1, 0.15) is 0 Å². The summed E-state index contributed by atoms with van der Waals surface area (Å²) in [5.41, 5.74) is 6.51. The molecular weight excluding hydrogens is 260 g/mol. The Labute approximate surface area is 119 Å². The molecule has 1 aromatic rings. The summed E-state index contributed by atoms with van der Waals surface area (Å²) >= 11 is 0. The number of rotatable bonds is 7. The highest BCUT2D eigenvalue weighted by atomic mass is 16.5. The first kappa shape index (κ1) is 16.1. The molecule has 0 saturated heterocycles. The van der Waals surface area contributed by atoms with Crippen LogP contribution in [0.2, 0.25) is 0 Å². The van der Waals surface area contributed by atoms with Gasteiger partial charge in [-0.25, -0.2) is 0 Å². The molecule has 0 aliphatic rings. The molecule has 1 aromatic carbocycles. The fraction of sp³-hybridized carbons (Fsp3) is 0.500. The maximum Gasteiger partial charge on any atom is 0.224 e. The molecule has 6 heteroatoms. The van der Waals surface area contributed by atoms with E-state index in [1.807, 2.05) is 6.07 Å². The van der Waals surface area contributed by atoms with Crippen molar-refractivity contribution in [1.82, 2.24) is 5.32 Å². The van der Waals surface area contributed by atoms with Crippen LogP contribution in [0.15, 0.2) is 12.1 Å². The van der Waals surface area contributed by atoms with Gasteiger partial charge in [0.25, 0.3) is 0 Å². The van der Waals surface area contributed by atoms with Gasteiger partial charge < -0.3 is 25.3 Å². The van der Waals surface area contributed by atoms with Crippen molar-refractivity contribution in [1.29, 1.82) is 0 Å². The monoisotopic (exact) mass is 282 g/mol. The van der Waals surface area contributed by atoms with E-state index in [1.165, 1.54) is 0 Å². The molecule has 20 heavy (non-hydrogen) atoms. The van der Waals surface area contributed by atoms with Crippen molar-refractivity contribution < 1.29 is 19.0 Å². The lowest BCUT2D eigenvalue weighted by molar-refractivity contribution is -0.124. The van der Waals surface area contributed by atoms with Crippen molar-refractivity contribution in [2.75, 3.05) is 34.9 Å². The SMILES string of the molecule is CNC(=O)C(CN)Cc1ccc(OC)c(OC)c1OC. The maximum absolute atomic E-state index is 11.7. The fourth-order valence-corrected chi connectivity index (χ4v) is 2.08. The van der Waals surface area contributed by atoms with Crippen LogP contribution < -0.4 is 25.3 Å². The number of benzene rings is 1. The summed E-state index contributed by atoms with van der Waals surface area (Å²) in [7, 11) is 6.25. The van der Waals surface area contributed by atoms with Crippen LogP contribution in [0.5, 0.6) is 17.2 Å². The number of nitrogens with one attached hydrogen (secondary N) is 1. The minimum atomic E-state index is -0.313. The van der Waals surface area contributed by atoms with Crippen LogP contribution in [0.3, 0.4) is 0 Å². The van der Waals surface area contributed by atoms with Crippen molar-refractivity contribution in [2.24, 2.45) is 11.7 Å². The first-order valence-corrected chi connectivity index (χ1v) is 6.32. The zero-order valence-electron chi connectivity index (χ0n) is 12.4. The summed E-state index contributed by atoms with van der Waals surface area (Å²) in [5.74, 6) is 1.25. The number of hydrogen-bond donors (Lipinski definition) is 2. The molecule has 1 amide bonds. The highest BCUT2D eigenvalue weighted by molar-refractivity contribution is 5.79. The van der Waals surface area contributed by atoms with Gasteiger partial charge in [-0.15, -0.1) is 0 Å². The standard InChI is InChI=1S/C14H22N2O4/c1-16-14(17)10(8-15)7-9-5-6-11(18-2)13(20-4)12(9)19-3/h5-6,10H,7-8,15H2,1-4H3,(H,16,17). The van der Waals surface area contributed by atoms with E-state index >= 15 is 0 Å². The average molecular weight is 282 g/mol. The highest BCUT2D eigenvalue weighted by Crippen LogP contribution is 2.40. The molecule has 0 fully saturated rings. The molecule has 0 aromatic heterocycles. The Morgan fingerprint density at radius 3 is 2.30 bits per heavy atom. The van der Waals surface area contributed by atoms with E-state index in [4.69, 9.17) is 19.9 Å². The quantitative estimate of drug-likeness (QED) is 0.764. The lowest BCUT2D eigenvalue weighted by Gasteiger charge is -2.18. The van der Waals surface area contributed by atoms with Gasteiger partial charge in [0.05, 0.1) is 27.2 Å². The van der Waals surface area contributed by atoms with Crippen LogP contribution in [-0.2, 0) is 11.2 Å². The topological polar surface area (TPSA) is 82.8 Å². The van der Waals surface area contributed by atoms with E-state index in [9.17, 15) is 4.79 Å². The molecule has 0 radical (unpaired) electrons. The van der Waals surface area contributed by atoms with Crippen LogP contribution in [0.1, 0.15) is 5.56 Å². The molecular formula is C14H22N2O4. The van der Waals surface area contributed by atoms with Crippen LogP contribution >= 0.6 is 0 Å². The summed E-state index contributed by atoms with van der Waals surface area (Å²) in [4.78, 5) is 11.7. The third-order valence-electron chi connectivity index (χ3n) is 3.15. The molecule has 0 aliphatic carbocycles. The number of methoxy groups -OCH3 is 3. The smallest absolute Gasteiger partial charge is 0.224 e. The number of amides is 1. The zero-order chi connectivity index (χ0) is 15.1. The molecule has 0 bridgehead atoms. The molecule has 1 atom stereocenters. The van der Waals surface area contributed by atoms with E-state index in [0.717, 1.165) is 5.56 Å². The number of hydrogen-bond acceptors (Lipinski definition) is 5. The van der Waals surface area contributed by atoms with Gasteiger partial charge in [0.15, 0.2) is 11.5 Å². The van der Waals surface area contributed by atoms with Gasteiger partial charge in [-0.1, -0.05) is 6.07 Å². The van der Waals surface area contributed by atoms with Crippen molar-refractivity contribution in [3.8, 4) is 17.2 Å². The first-order valence-electron chi connectivity index (χ1n) is 6.32. The predicted octanol–water partition coefficient (Wildman–Crippen LogP) is 0.576. The molecule has 3 N–H and O–H groups in total. The predicted molar refractivity (Wildman–Crippen MR) is 76.4 cm³/mol. The summed E-state index contributed by atoms with van der Waals surface area (Å²) in [6, 6.07) is 3.64. The minimum absolute atomic E-state index is 0.0932. The van der Waals surface area contributed by atoms with Crippen LogP contribution in [0, 0.1) is 5.92 Å². The molecule has 0 saturated carbocycles. The molecule has 0 aliphatic heterocycles. The van der Waals surface area contributed by atoms with Crippen LogP contribution in [0.4, 0.5) is 0 Å². The van der Waals surface area contributed by atoms with Gasteiger partial charge in [-0.3, -0.25) is 4.79 Å². The molecule has 0 spiro atoms. The third-order valence-corrected chi connectivity index (χ3v) is 3.15. The van der Waals surface area contributed by atoms with E-state index in [2.05, 4.69) is 5.32 Å². The van der Waals surface area contributed by atoms with Crippen molar-refractivity contribution in [3.63, 3.8) is 0 Å². The zero-order valence-corrected chi connectivity index (χ0v) is 12.4. The van der Waals surface area contributed by atoms with Crippen molar-refractivity contribution in [2.45, 2.75) is 6.42 Å². The summed E-state index contributed by atoms with van der Waals surface area (Å²) < 4.78 is 15.9. The van der Waals surface area contributed by atoms with E-state index in [1.54, 1.807) is 34.4 Å². The van der Waals surface area contributed by atoms with Crippen molar-refractivity contribution >= 4 is 5.91 Å². The number of carbonyl (C=O) groups excluding carboxylic acids is 1. The van der Waals surface area contributed by atoms with Crippen molar-refractivity contribution in [3.05, 3.63) is 17.7 Å². The summed E-state index contributed by atoms with van der Waals surface area (Å²) in [6.45, 7) is 0.261.